The molecule has 0 aromatic heterocycles. The summed E-state index contributed by atoms with van der Waals surface area (Å²) in [5.74, 6) is -1.57. The number of amides is 1. The molecule has 23 heavy (non-hydrogen) atoms. The molecule has 2 N–H and O–H groups in total. The molecule has 1 amide bonds. The van der Waals surface area contributed by atoms with E-state index in [1.165, 1.54) is 10.5 Å². The van der Waals surface area contributed by atoms with Crippen molar-refractivity contribution < 1.29 is 14.7 Å². The van der Waals surface area contributed by atoms with E-state index in [1.54, 1.807) is 11.8 Å². The number of piperidine rings is 1. The van der Waals surface area contributed by atoms with Gasteiger partial charge in [-0.15, -0.1) is 11.8 Å². The van der Waals surface area contributed by atoms with Crippen molar-refractivity contribution in [3.05, 3.63) is 29.8 Å². The average Bonchev–Trinajstić information content (AvgIpc) is 2.86. The summed E-state index contributed by atoms with van der Waals surface area (Å²) in [5, 5.41) is 12.4. The van der Waals surface area contributed by atoms with Gasteiger partial charge in [0.15, 0.2) is 0 Å². The second-order valence-corrected chi connectivity index (χ2v) is 7.31. The van der Waals surface area contributed by atoms with Gasteiger partial charge in [0.05, 0.1) is 11.5 Å². The van der Waals surface area contributed by atoms with Gasteiger partial charge in [-0.05, 0) is 36.8 Å². The summed E-state index contributed by atoms with van der Waals surface area (Å²) in [6.45, 7) is 2.50. The Labute approximate surface area is 140 Å². The van der Waals surface area contributed by atoms with Crippen LogP contribution in [0, 0.1) is 5.92 Å². The predicted molar refractivity (Wildman–Crippen MR) is 89.4 cm³/mol. The van der Waals surface area contributed by atoms with Gasteiger partial charge in [0.1, 0.15) is 0 Å². The Morgan fingerprint density at radius 1 is 1.43 bits per heavy atom. The fourth-order valence-electron chi connectivity index (χ4n) is 3.73. The zero-order valence-corrected chi connectivity index (χ0v) is 14.1. The minimum atomic E-state index is -0.857. The molecule has 2 saturated heterocycles. The average molecular weight is 334 g/mol. The molecule has 1 spiro atoms. The van der Waals surface area contributed by atoms with Crippen molar-refractivity contribution in [2.24, 2.45) is 5.92 Å². The van der Waals surface area contributed by atoms with Crippen LogP contribution in [0.3, 0.4) is 0 Å². The molecular formula is C17H22N2O3S. The van der Waals surface area contributed by atoms with Gasteiger partial charge in [-0.3, -0.25) is 14.5 Å². The molecule has 3 rings (SSSR count). The molecule has 2 heterocycles. The second kappa shape index (κ2) is 6.53. The maximum absolute atomic E-state index is 11.7. The van der Waals surface area contributed by atoms with E-state index in [2.05, 4.69) is 40.7 Å². The van der Waals surface area contributed by atoms with Gasteiger partial charge in [0.25, 0.3) is 0 Å². The number of carbonyl (C=O) groups excluding carboxylic acids is 1. The Balaban J connectivity index is 1.64. The van der Waals surface area contributed by atoms with Crippen LogP contribution in [0.4, 0.5) is 0 Å². The van der Waals surface area contributed by atoms with Crippen molar-refractivity contribution in [2.45, 2.75) is 36.2 Å². The summed E-state index contributed by atoms with van der Waals surface area (Å²) in [6, 6.07) is 8.50. The molecule has 0 unspecified atom stereocenters. The van der Waals surface area contributed by atoms with E-state index < -0.39 is 17.4 Å². The van der Waals surface area contributed by atoms with Gasteiger partial charge in [-0.2, -0.15) is 0 Å². The predicted octanol–water partition coefficient (Wildman–Crippen LogP) is 1.96. The molecule has 2 fully saturated rings. The SMILES string of the molecule is CSc1cccc(CN2CCC3(CC2)NC(=O)C[C@@H]3C(=O)O)c1. The topological polar surface area (TPSA) is 69.6 Å². The van der Waals surface area contributed by atoms with E-state index in [0.29, 0.717) is 12.8 Å². The zero-order valence-electron chi connectivity index (χ0n) is 13.2. The summed E-state index contributed by atoms with van der Waals surface area (Å²) in [5.41, 5.74) is 0.735. The first-order valence-corrected chi connectivity index (χ1v) is 9.14. The number of likely N-dealkylation sites (tertiary alicyclic amines) is 1. The fourth-order valence-corrected chi connectivity index (χ4v) is 4.22. The number of hydrogen-bond donors (Lipinski definition) is 2. The fraction of sp³-hybridized carbons (Fsp3) is 0.529. The van der Waals surface area contributed by atoms with Crippen molar-refractivity contribution in [1.82, 2.24) is 10.2 Å². The van der Waals surface area contributed by atoms with Crippen molar-refractivity contribution in [3.8, 4) is 0 Å². The number of nitrogens with one attached hydrogen (secondary N) is 1. The number of hydrogen-bond acceptors (Lipinski definition) is 4. The van der Waals surface area contributed by atoms with Crippen LogP contribution in [0.1, 0.15) is 24.8 Å². The lowest BCUT2D eigenvalue weighted by Gasteiger charge is -2.41. The van der Waals surface area contributed by atoms with Crippen LogP contribution >= 0.6 is 11.8 Å². The van der Waals surface area contributed by atoms with Crippen molar-refractivity contribution in [2.75, 3.05) is 19.3 Å². The molecule has 1 aromatic rings. The Hall–Kier alpha value is -1.53. The van der Waals surface area contributed by atoms with E-state index in [1.807, 2.05) is 0 Å². The number of carbonyl (C=O) groups is 2. The van der Waals surface area contributed by atoms with Gasteiger partial charge in [0.2, 0.25) is 5.91 Å². The van der Waals surface area contributed by atoms with E-state index in [0.717, 1.165) is 19.6 Å². The van der Waals surface area contributed by atoms with Gasteiger partial charge in [-0.1, -0.05) is 12.1 Å². The summed E-state index contributed by atoms with van der Waals surface area (Å²) in [6.07, 6.45) is 3.60. The lowest BCUT2D eigenvalue weighted by Crippen LogP contribution is -2.55. The number of carboxylic acid groups (broad SMARTS) is 1. The molecule has 0 saturated carbocycles. The number of aliphatic carboxylic acids is 1. The Morgan fingerprint density at radius 2 is 2.17 bits per heavy atom. The maximum Gasteiger partial charge on any atom is 0.309 e. The maximum atomic E-state index is 11.7. The molecule has 124 valence electrons. The molecule has 0 aliphatic carbocycles. The van der Waals surface area contributed by atoms with E-state index in [-0.39, 0.29) is 12.3 Å². The third-order valence-corrected chi connectivity index (χ3v) is 5.76. The minimum absolute atomic E-state index is 0.116. The van der Waals surface area contributed by atoms with Crippen LogP contribution < -0.4 is 5.32 Å². The molecule has 2 aliphatic rings. The van der Waals surface area contributed by atoms with Crippen LogP contribution in [0.2, 0.25) is 0 Å². The lowest BCUT2D eigenvalue weighted by molar-refractivity contribution is -0.144. The first-order valence-electron chi connectivity index (χ1n) is 7.91. The highest BCUT2D eigenvalue weighted by Gasteiger charge is 2.51. The standard InChI is InChI=1S/C17H22N2O3S/c1-23-13-4-2-3-12(9-13)11-19-7-5-17(6-8-19)14(16(21)22)10-15(20)18-17/h2-4,9,14H,5-8,10-11H2,1H3,(H,18,20)(H,21,22)/t14-/m1/s1. The molecule has 0 bridgehead atoms. The van der Waals surface area contributed by atoms with Gasteiger partial charge >= 0.3 is 5.97 Å². The van der Waals surface area contributed by atoms with Crippen LogP contribution in [0.5, 0.6) is 0 Å². The third kappa shape index (κ3) is 3.38. The lowest BCUT2D eigenvalue weighted by atomic mass is 9.77. The molecule has 5 nitrogen and oxygen atoms in total. The van der Waals surface area contributed by atoms with E-state index >= 15 is 0 Å². The van der Waals surface area contributed by atoms with E-state index in [4.69, 9.17) is 0 Å². The van der Waals surface area contributed by atoms with Gasteiger partial charge in [0, 0.05) is 31.0 Å². The highest BCUT2D eigenvalue weighted by Crippen LogP contribution is 2.37. The summed E-state index contributed by atoms with van der Waals surface area (Å²) in [4.78, 5) is 26.7. The smallest absolute Gasteiger partial charge is 0.309 e. The van der Waals surface area contributed by atoms with Crippen LogP contribution in [-0.2, 0) is 16.1 Å². The van der Waals surface area contributed by atoms with Crippen molar-refractivity contribution >= 4 is 23.6 Å². The molecule has 0 radical (unpaired) electrons. The van der Waals surface area contributed by atoms with Crippen molar-refractivity contribution in [1.29, 1.82) is 0 Å². The molecule has 1 aromatic carbocycles. The molecular weight excluding hydrogens is 312 g/mol. The molecule has 6 heteroatoms. The number of nitrogens with zero attached hydrogens (tertiary/aromatic N) is 1. The summed E-state index contributed by atoms with van der Waals surface area (Å²) < 4.78 is 0. The van der Waals surface area contributed by atoms with E-state index in [9.17, 15) is 14.7 Å². The Morgan fingerprint density at radius 3 is 2.83 bits per heavy atom. The quantitative estimate of drug-likeness (QED) is 0.824. The monoisotopic (exact) mass is 334 g/mol. The number of thioether (sulfide) groups is 1. The first kappa shape index (κ1) is 16.3. The van der Waals surface area contributed by atoms with Crippen molar-refractivity contribution in [3.63, 3.8) is 0 Å². The van der Waals surface area contributed by atoms with Gasteiger partial charge < -0.3 is 10.4 Å². The number of benzene rings is 1. The largest absolute Gasteiger partial charge is 0.481 e. The summed E-state index contributed by atoms with van der Waals surface area (Å²) >= 11 is 1.73. The highest BCUT2D eigenvalue weighted by molar-refractivity contribution is 7.98. The normalized spacial score (nSPS) is 23.9. The number of carboxylic acids is 1. The zero-order chi connectivity index (χ0) is 16.4. The molecule has 2 aliphatic heterocycles. The summed E-state index contributed by atoms with van der Waals surface area (Å²) in [7, 11) is 0. The highest BCUT2D eigenvalue weighted by atomic mass is 32.2. The second-order valence-electron chi connectivity index (χ2n) is 6.43. The molecule has 1 atom stereocenters. The third-order valence-electron chi connectivity index (χ3n) is 5.03. The minimum Gasteiger partial charge on any atom is -0.481 e. The number of rotatable bonds is 4. The van der Waals surface area contributed by atoms with Crippen LogP contribution in [0.25, 0.3) is 0 Å². The van der Waals surface area contributed by atoms with Crippen LogP contribution in [-0.4, -0.2) is 46.8 Å². The Bertz CT molecular complexity index is 612. The van der Waals surface area contributed by atoms with Crippen LogP contribution in [0.15, 0.2) is 29.2 Å². The van der Waals surface area contributed by atoms with Gasteiger partial charge in [-0.25, -0.2) is 0 Å². The first-order chi connectivity index (χ1) is 11.0. The Kier molecular flexibility index (Phi) is 4.64.